The predicted octanol–water partition coefficient (Wildman–Crippen LogP) is 3.16. The first kappa shape index (κ1) is 19.7. The Morgan fingerprint density at radius 3 is 2.50 bits per heavy atom. The highest BCUT2D eigenvalue weighted by atomic mass is 32.2. The number of sulfonamides is 1. The van der Waals surface area contributed by atoms with Gasteiger partial charge in [-0.25, -0.2) is 13.6 Å². The molecule has 0 saturated carbocycles. The fourth-order valence-corrected chi connectivity index (χ4v) is 2.67. The molecule has 0 aromatic heterocycles. The highest BCUT2D eigenvalue weighted by Gasteiger charge is 2.07. The van der Waals surface area contributed by atoms with Gasteiger partial charge >= 0.3 is 0 Å². The third-order valence-corrected chi connectivity index (χ3v) is 4.47. The summed E-state index contributed by atoms with van der Waals surface area (Å²) in [4.78, 5) is 12.0. The van der Waals surface area contributed by atoms with Gasteiger partial charge in [-0.15, -0.1) is 0 Å². The van der Waals surface area contributed by atoms with Gasteiger partial charge in [0.05, 0.1) is 11.5 Å². The number of unbranched alkanes of at least 4 members (excludes halogenated alkanes) is 1. The molecule has 7 heteroatoms. The lowest BCUT2D eigenvalue weighted by Gasteiger charge is -2.08. The van der Waals surface area contributed by atoms with Gasteiger partial charge in [0.1, 0.15) is 5.75 Å². The summed E-state index contributed by atoms with van der Waals surface area (Å²) in [5.41, 5.74) is 1.28. The van der Waals surface area contributed by atoms with E-state index >= 15 is 0 Å². The Bertz CT molecular complexity index is 875. The molecular weight excluding hydrogens is 352 g/mol. The van der Waals surface area contributed by atoms with E-state index in [4.69, 9.17) is 9.88 Å². The van der Waals surface area contributed by atoms with E-state index in [1.807, 2.05) is 24.3 Å². The van der Waals surface area contributed by atoms with Crippen molar-refractivity contribution in [3.63, 3.8) is 0 Å². The van der Waals surface area contributed by atoms with Crippen LogP contribution in [0.5, 0.6) is 5.75 Å². The van der Waals surface area contributed by atoms with Gasteiger partial charge in [0.25, 0.3) is 0 Å². The van der Waals surface area contributed by atoms with Gasteiger partial charge in [-0.1, -0.05) is 31.5 Å². The van der Waals surface area contributed by atoms with E-state index in [9.17, 15) is 13.2 Å². The number of anilines is 1. The van der Waals surface area contributed by atoms with Crippen LogP contribution in [0.15, 0.2) is 59.5 Å². The van der Waals surface area contributed by atoms with E-state index in [0.717, 1.165) is 24.2 Å². The number of hydrogen-bond acceptors (Lipinski definition) is 4. The van der Waals surface area contributed by atoms with E-state index in [-0.39, 0.29) is 10.8 Å². The topological polar surface area (TPSA) is 98.5 Å². The normalized spacial score (nSPS) is 11.5. The lowest BCUT2D eigenvalue weighted by Crippen LogP contribution is -2.12. The molecule has 2 aromatic carbocycles. The molecule has 0 aliphatic carbocycles. The lowest BCUT2D eigenvalue weighted by molar-refractivity contribution is -0.111. The lowest BCUT2D eigenvalue weighted by atomic mass is 10.2. The van der Waals surface area contributed by atoms with Crippen molar-refractivity contribution in [3.8, 4) is 5.75 Å². The van der Waals surface area contributed by atoms with Gasteiger partial charge in [0.2, 0.25) is 15.9 Å². The number of nitrogens with one attached hydrogen (secondary N) is 1. The second-order valence-electron chi connectivity index (χ2n) is 5.63. The molecule has 26 heavy (non-hydrogen) atoms. The van der Waals surface area contributed by atoms with Crippen molar-refractivity contribution in [1.29, 1.82) is 0 Å². The van der Waals surface area contributed by atoms with Crippen molar-refractivity contribution in [3.05, 3.63) is 60.2 Å². The molecule has 0 heterocycles. The van der Waals surface area contributed by atoms with Crippen LogP contribution in [0, 0.1) is 0 Å². The van der Waals surface area contributed by atoms with Crippen LogP contribution in [0.4, 0.5) is 5.69 Å². The minimum absolute atomic E-state index is 0.0100. The van der Waals surface area contributed by atoms with E-state index in [1.54, 1.807) is 6.08 Å². The molecule has 2 aromatic rings. The number of carbonyl (C=O) groups excluding carboxylic acids is 1. The zero-order chi connectivity index (χ0) is 19.0. The number of benzene rings is 2. The highest BCUT2D eigenvalue weighted by Crippen LogP contribution is 2.20. The van der Waals surface area contributed by atoms with E-state index in [1.165, 1.54) is 30.3 Å². The van der Waals surface area contributed by atoms with Crippen LogP contribution in [0.3, 0.4) is 0 Å². The monoisotopic (exact) mass is 374 g/mol. The molecule has 0 aliphatic heterocycles. The first-order chi connectivity index (χ1) is 12.4. The molecule has 0 unspecified atom stereocenters. The summed E-state index contributed by atoms with van der Waals surface area (Å²) < 4.78 is 28.2. The summed E-state index contributed by atoms with van der Waals surface area (Å²) in [6.07, 6.45) is 5.09. The minimum atomic E-state index is -3.75. The molecule has 0 radical (unpaired) electrons. The number of ether oxygens (including phenoxy) is 1. The molecule has 6 nitrogen and oxygen atoms in total. The zero-order valence-corrected chi connectivity index (χ0v) is 15.3. The van der Waals surface area contributed by atoms with Crippen LogP contribution in [0.2, 0.25) is 0 Å². The predicted molar refractivity (Wildman–Crippen MR) is 102 cm³/mol. The third kappa shape index (κ3) is 6.02. The molecule has 0 spiro atoms. The van der Waals surface area contributed by atoms with Crippen LogP contribution < -0.4 is 15.2 Å². The summed E-state index contributed by atoms with van der Waals surface area (Å²) in [5, 5.41) is 7.70. The Morgan fingerprint density at radius 2 is 1.85 bits per heavy atom. The van der Waals surface area contributed by atoms with Gasteiger partial charge in [0.15, 0.2) is 0 Å². The Hall–Kier alpha value is -2.64. The molecule has 0 fully saturated rings. The summed E-state index contributed by atoms with van der Waals surface area (Å²) in [7, 11) is -3.75. The number of para-hydroxylation sites is 1. The van der Waals surface area contributed by atoms with Gasteiger partial charge in [0, 0.05) is 17.3 Å². The van der Waals surface area contributed by atoms with Crippen LogP contribution in [0.25, 0.3) is 6.08 Å². The molecule has 3 N–H and O–H groups in total. The summed E-state index contributed by atoms with van der Waals surface area (Å²) in [6.45, 7) is 2.72. The van der Waals surface area contributed by atoms with Crippen LogP contribution in [-0.4, -0.2) is 20.9 Å². The first-order valence-corrected chi connectivity index (χ1v) is 9.78. The van der Waals surface area contributed by atoms with Crippen LogP contribution in [0.1, 0.15) is 25.3 Å². The van der Waals surface area contributed by atoms with Crippen molar-refractivity contribution in [1.82, 2.24) is 0 Å². The van der Waals surface area contributed by atoms with Gasteiger partial charge in [-0.3, -0.25) is 4.79 Å². The van der Waals surface area contributed by atoms with E-state index in [2.05, 4.69) is 12.2 Å². The van der Waals surface area contributed by atoms with E-state index in [0.29, 0.717) is 12.3 Å². The Morgan fingerprint density at radius 1 is 1.15 bits per heavy atom. The summed E-state index contributed by atoms with van der Waals surface area (Å²) in [6, 6.07) is 13.1. The van der Waals surface area contributed by atoms with Gasteiger partial charge in [-0.05, 0) is 42.8 Å². The largest absolute Gasteiger partial charge is 0.493 e. The molecule has 2 rings (SSSR count). The number of nitrogens with two attached hydrogens (primary N) is 1. The molecule has 0 atom stereocenters. The average molecular weight is 374 g/mol. The Kier molecular flexibility index (Phi) is 6.94. The molecular formula is C19H22N2O4S. The molecule has 138 valence electrons. The Labute approximate surface area is 153 Å². The van der Waals surface area contributed by atoms with Crippen molar-refractivity contribution in [2.24, 2.45) is 5.14 Å². The van der Waals surface area contributed by atoms with Crippen LogP contribution >= 0.6 is 0 Å². The first-order valence-electron chi connectivity index (χ1n) is 8.24. The number of rotatable bonds is 8. The van der Waals surface area contributed by atoms with Crippen molar-refractivity contribution in [2.75, 3.05) is 11.9 Å². The number of carbonyl (C=O) groups is 1. The quantitative estimate of drug-likeness (QED) is 0.548. The molecule has 0 bridgehead atoms. The number of primary sulfonamides is 1. The van der Waals surface area contributed by atoms with Crippen LogP contribution in [-0.2, 0) is 14.8 Å². The third-order valence-electron chi connectivity index (χ3n) is 3.54. The van der Waals surface area contributed by atoms with Crippen molar-refractivity contribution in [2.45, 2.75) is 24.7 Å². The smallest absolute Gasteiger partial charge is 0.248 e. The SMILES string of the molecule is CCCCOc1ccccc1C=CC(=O)Nc1ccc(S(N)(=O)=O)cc1. The summed E-state index contributed by atoms with van der Waals surface area (Å²) in [5.74, 6) is 0.388. The second kappa shape index (κ2) is 9.17. The van der Waals surface area contributed by atoms with Gasteiger partial charge < -0.3 is 10.1 Å². The van der Waals surface area contributed by atoms with Gasteiger partial charge in [-0.2, -0.15) is 0 Å². The fourth-order valence-electron chi connectivity index (χ4n) is 2.15. The summed E-state index contributed by atoms with van der Waals surface area (Å²) >= 11 is 0. The maximum Gasteiger partial charge on any atom is 0.248 e. The second-order valence-corrected chi connectivity index (χ2v) is 7.19. The number of hydrogen-bond donors (Lipinski definition) is 2. The highest BCUT2D eigenvalue weighted by molar-refractivity contribution is 7.89. The standard InChI is InChI=1S/C19H22N2O4S/c1-2-3-14-25-18-7-5-4-6-15(18)8-13-19(22)21-16-9-11-17(12-10-16)26(20,23)24/h4-13H,2-3,14H2,1H3,(H,21,22)(H2,20,23,24). The molecule has 0 saturated heterocycles. The maximum atomic E-state index is 12.1. The van der Waals surface area contributed by atoms with Crippen molar-refractivity contribution >= 4 is 27.7 Å². The Balaban J connectivity index is 2.01. The number of amides is 1. The average Bonchev–Trinajstić information content (AvgIpc) is 2.61. The fraction of sp³-hybridized carbons (Fsp3) is 0.211. The molecule has 0 aliphatic rings. The minimum Gasteiger partial charge on any atom is -0.493 e. The molecule has 1 amide bonds. The maximum absolute atomic E-state index is 12.1. The van der Waals surface area contributed by atoms with Crippen molar-refractivity contribution < 1.29 is 17.9 Å². The zero-order valence-electron chi connectivity index (χ0n) is 14.5. The van der Waals surface area contributed by atoms with E-state index < -0.39 is 10.0 Å².